The third-order valence-corrected chi connectivity index (χ3v) is 4.22. The van der Waals surface area contributed by atoms with E-state index in [-0.39, 0.29) is 5.57 Å². The minimum Gasteiger partial charge on any atom is -0.477 e. The number of hydrogen-bond donors (Lipinski definition) is 1. The van der Waals surface area contributed by atoms with Crippen LogP contribution in [0.4, 0.5) is 0 Å². The van der Waals surface area contributed by atoms with Gasteiger partial charge in [-0.25, -0.2) is 4.79 Å². The van der Waals surface area contributed by atoms with Crippen LogP contribution in [0.25, 0.3) is 6.08 Å². The summed E-state index contributed by atoms with van der Waals surface area (Å²) in [6, 6.07) is 5.11. The maximum absolute atomic E-state index is 10.7. The Morgan fingerprint density at radius 1 is 1.25 bits per heavy atom. The van der Waals surface area contributed by atoms with Gasteiger partial charge >= 0.3 is 5.97 Å². The Morgan fingerprint density at radius 3 is 2.31 bits per heavy atom. The molecule has 3 nitrogen and oxygen atoms in total. The van der Waals surface area contributed by atoms with Crippen molar-refractivity contribution in [3.05, 3.63) is 36.7 Å². The summed E-state index contributed by atoms with van der Waals surface area (Å²) in [5, 5.41) is 17.4. The molecule has 1 N–H and O–H groups in total. The van der Waals surface area contributed by atoms with Gasteiger partial charge in [0.1, 0.15) is 11.6 Å². The molecule has 0 aliphatic rings. The van der Waals surface area contributed by atoms with Crippen molar-refractivity contribution in [3.63, 3.8) is 0 Å². The number of carboxylic acids is 1. The van der Waals surface area contributed by atoms with E-state index in [1.54, 1.807) is 18.2 Å². The molecular formula is C10H4Br3NO2. The van der Waals surface area contributed by atoms with Crippen molar-refractivity contribution < 1.29 is 9.90 Å². The second kappa shape index (κ2) is 5.62. The van der Waals surface area contributed by atoms with Crippen molar-refractivity contribution in [3.8, 4) is 6.07 Å². The lowest BCUT2D eigenvalue weighted by Crippen LogP contribution is -1.97. The molecule has 0 bridgehead atoms. The Bertz CT molecular complexity index is 518. The molecule has 1 aromatic rings. The molecule has 82 valence electrons. The predicted octanol–water partition coefficient (Wildman–Crippen LogP) is 3.97. The zero-order valence-electron chi connectivity index (χ0n) is 7.67. The van der Waals surface area contributed by atoms with Gasteiger partial charge in [-0.15, -0.1) is 0 Å². The van der Waals surface area contributed by atoms with Crippen LogP contribution in [0.3, 0.4) is 0 Å². The lowest BCUT2D eigenvalue weighted by Gasteiger charge is -2.02. The highest BCUT2D eigenvalue weighted by molar-refractivity contribution is 9.13. The SMILES string of the molecule is N#CC(=Cc1cc(Br)c(Br)cc1Br)C(=O)O. The third-order valence-electron chi connectivity index (χ3n) is 1.69. The van der Waals surface area contributed by atoms with Gasteiger partial charge in [0.05, 0.1) is 0 Å². The van der Waals surface area contributed by atoms with Crippen molar-refractivity contribution >= 4 is 59.8 Å². The predicted molar refractivity (Wildman–Crippen MR) is 70.8 cm³/mol. The number of nitriles is 1. The van der Waals surface area contributed by atoms with Crippen LogP contribution < -0.4 is 0 Å². The number of carbonyl (C=O) groups is 1. The molecule has 0 saturated carbocycles. The van der Waals surface area contributed by atoms with Gasteiger partial charge in [0.25, 0.3) is 0 Å². The van der Waals surface area contributed by atoms with Crippen molar-refractivity contribution in [1.82, 2.24) is 0 Å². The molecule has 0 fully saturated rings. The highest BCUT2D eigenvalue weighted by atomic mass is 79.9. The lowest BCUT2D eigenvalue weighted by molar-refractivity contribution is -0.132. The summed E-state index contributed by atoms with van der Waals surface area (Å²) in [6.45, 7) is 0. The van der Waals surface area contributed by atoms with Crippen LogP contribution in [-0.2, 0) is 4.79 Å². The zero-order chi connectivity index (χ0) is 12.3. The van der Waals surface area contributed by atoms with E-state index in [1.165, 1.54) is 6.08 Å². The molecule has 0 radical (unpaired) electrons. The number of rotatable bonds is 2. The molecule has 0 atom stereocenters. The monoisotopic (exact) mass is 407 g/mol. The Kier molecular flexibility index (Phi) is 4.71. The first-order valence-electron chi connectivity index (χ1n) is 3.95. The third kappa shape index (κ3) is 3.17. The number of nitrogens with zero attached hydrogens (tertiary/aromatic N) is 1. The summed E-state index contributed by atoms with van der Waals surface area (Å²) in [5.41, 5.74) is 0.309. The molecule has 0 saturated heterocycles. The van der Waals surface area contributed by atoms with Crippen LogP contribution in [0, 0.1) is 11.3 Å². The first-order chi connectivity index (χ1) is 7.45. The Balaban J connectivity index is 3.31. The molecular weight excluding hydrogens is 406 g/mol. The first-order valence-corrected chi connectivity index (χ1v) is 6.33. The molecule has 0 spiro atoms. The molecule has 16 heavy (non-hydrogen) atoms. The van der Waals surface area contributed by atoms with Crippen LogP contribution in [0.1, 0.15) is 5.56 Å². The Hall–Kier alpha value is -0.640. The largest absolute Gasteiger partial charge is 0.477 e. The van der Waals surface area contributed by atoms with Crippen LogP contribution >= 0.6 is 47.8 Å². The van der Waals surface area contributed by atoms with Crippen molar-refractivity contribution in [2.45, 2.75) is 0 Å². The fourth-order valence-electron chi connectivity index (χ4n) is 0.946. The maximum Gasteiger partial charge on any atom is 0.346 e. The molecule has 0 unspecified atom stereocenters. The van der Waals surface area contributed by atoms with Gasteiger partial charge in [-0.3, -0.25) is 0 Å². The van der Waals surface area contributed by atoms with Gasteiger partial charge in [-0.1, -0.05) is 15.9 Å². The Morgan fingerprint density at radius 2 is 1.81 bits per heavy atom. The standard InChI is InChI=1S/C10H4Br3NO2/c11-7-3-9(13)8(12)2-5(7)1-6(4-14)10(15)16/h1-3H,(H,15,16). The summed E-state index contributed by atoms with van der Waals surface area (Å²) >= 11 is 9.91. The van der Waals surface area contributed by atoms with Crippen molar-refractivity contribution in [2.24, 2.45) is 0 Å². The lowest BCUT2D eigenvalue weighted by atomic mass is 10.1. The van der Waals surface area contributed by atoms with Crippen molar-refractivity contribution in [2.75, 3.05) is 0 Å². The topological polar surface area (TPSA) is 61.1 Å². The van der Waals surface area contributed by atoms with E-state index in [1.807, 2.05) is 0 Å². The van der Waals surface area contributed by atoms with E-state index in [4.69, 9.17) is 10.4 Å². The smallest absolute Gasteiger partial charge is 0.346 e. The van der Waals surface area contributed by atoms with Crippen molar-refractivity contribution in [1.29, 1.82) is 5.26 Å². The van der Waals surface area contributed by atoms with E-state index in [0.29, 0.717) is 10.0 Å². The number of halogens is 3. The summed E-state index contributed by atoms with van der Waals surface area (Å²) in [5.74, 6) is -1.24. The minimum atomic E-state index is -1.24. The molecule has 0 amide bonds. The normalized spacial score (nSPS) is 11.0. The average Bonchev–Trinajstić information content (AvgIpc) is 2.21. The number of benzene rings is 1. The van der Waals surface area contributed by atoms with E-state index >= 15 is 0 Å². The first kappa shape index (κ1) is 13.4. The number of carboxylic acid groups (broad SMARTS) is 1. The summed E-state index contributed by atoms with van der Waals surface area (Å²) < 4.78 is 2.33. The second-order valence-corrected chi connectivity index (χ2v) is 5.33. The highest BCUT2D eigenvalue weighted by Crippen LogP contribution is 2.31. The Labute approximate surface area is 117 Å². The maximum atomic E-state index is 10.7. The van der Waals surface area contributed by atoms with E-state index in [2.05, 4.69) is 47.8 Å². The molecule has 0 aliphatic heterocycles. The van der Waals surface area contributed by atoms with Gasteiger partial charge in [0, 0.05) is 13.4 Å². The summed E-state index contributed by atoms with van der Waals surface area (Å²) in [6.07, 6.45) is 1.31. The van der Waals surface area contributed by atoms with E-state index in [9.17, 15) is 4.79 Å². The fraction of sp³-hybridized carbons (Fsp3) is 0. The van der Waals surface area contributed by atoms with Crippen LogP contribution in [0.2, 0.25) is 0 Å². The molecule has 0 heterocycles. The molecule has 1 rings (SSSR count). The van der Waals surface area contributed by atoms with Gasteiger partial charge in [-0.05, 0) is 55.6 Å². The summed E-state index contributed by atoms with van der Waals surface area (Å²) in [7, 11) is 0. The highest BCUT2D eigenvalue weighted by Gasteiger charge is 2.09. The number of hydrogen-bond acceptors (Lipinski definition) is 2. The van der Waals surface area contributed by atoms with Crippen LogP contribution in [-0.4, -0.2) is 11.1 Å². The molecule has 0 aromatic heterocycles. The van der Waals surface area contributed by atoms with E-state index < -0.39 is 5.97 Å². The fourth-order valence-corrected chi connectivity index (χ4v) is 2.42. The van der Waals surface area contributed by atoms with Gasteiger partial charge in [0.15, 0.2) is 0 Å². The molecule has 6 heteroatoms. The number of aliphatic carboxylic acids is 1. The van der Waals surface area contributed by atoms with Gasteiger partial charge in [0.2, 0.25) is 0 Å². The molecule has 0 aliphatic carbocycles. The quantitative estimate of drug-likeness (QED) is 0.457. The van der Waals surface area contributed by atoms with Crippen LogP contribution in [0.5, 0.6) is 0 Å². The zero-order valence-corrected chi connectivity index (χ0v) is 12.4. The second-order valence-electron chi connectivity index (χ2n) is 2.76. The van der Waals surface area contributed by atoms with Crippen LogP contribution in [0.15, 0.2) is 31.1 Å². The minimum absolute atomic E-state index is 0.310. The van der Waals surface area contributed by atoms with Gasteiger partial charge in [-0.2, -0.15) is 5.26 Å². The van der Waals surface area contributed by atoms with E-state index in [0.717, 1.165) is 8.95 Å². The molecule has 1 aromatic carbocycles. The average molecular weight is 410 g/mol. The van der Waals surface area contributed by atoms with Gasteiger partial charge < -0.3 is 5.11 Å². The summed E-state index contributed by atoms with van der Waals surface area (Å²) in [4.78, 5) is 10.7.